The molecule has 0 fully saturated rings. The molecule has 2 aromatic rings. The van der Waals surface area contributed by atoms with Crippen LogP contribution in [0, 0.1) is 0 Å². The van der Waals surface area contributed by atoms with Gasteiger partial charge in [-0.25, -0.2) is 0 Å². The quantitative estimate of drug-likeness (QED) is 0.724. The van der Waals surface area contributed by atoms with Crippen molar-refractivity contribution in [3.63, 3.8) is 0 Å². The zero-order valence-electron chi connectivity index (χ0n) is 15.1. The Morgan fingerprint density at radius 3 is 2.92 bits per heavy atom. The fourth-order valence-electron chi connectivity index (χ4n) is 2.99. The highest BCUT2D eigenvalue weighted by molar-refractivity contribution is 7.98. The number of amides is 1. The van der Waals surface area contributed by atoms with Gasteiger partial charge in [0.2, 0.25) is 0 Å². The number of fused-ring (bicyclic) bond motifs is 1. The lowest BCUT2D eigenvalue weighted by Crippen LogP contribution is -2.23. The highest BCUT2D eigenvalue weighted by Gasteiger charge is 2.22. The fourth-order valence-corrected chi connectivity index (χ4v) is 3.63. The van der Waals surface area contributed by atoms with Crippen molar-refractivity contribution in [2.24, 2.45) is 0 Å². The number of rotatable bonds is 6. The molecule has 138 valence electrons. The van der Waals surface area contributed by atoms with Gasteiger partial charge in [0.1, 0.15) is 17.6 Å². The molecule has 26 heavy (non-hydrogen) atoms. The normalized spacial score (nSPS) is 15.3. The second-order valence-electron chi connectivity index (χ2n) is 6.16. The molecule has 1 unspecified atom stereocenters. The molecule has 1 aliphatic heterocycles. The minimum absolute atomic E-state index is 0.164. The molecule has 1 heterocycles. The van der Waals surface area contributed by atoms with E-state index in [0.717, 1.165) is 33.9 Å². The molecule has 1 atom stereocenters. The molecule has 6 heteroatoms. The van der Waals surface area contributed by atoms with E-state index >= 15 is 0 Å². The molecule has 0 bridgehead atoms. The van der Waals surface area contributed by atoms with Crippen LogP contribution in [0.25, 0.3) is 0 Å². The fraction of sp³-hybridized carbons (Fsp3) is 0.350. The Balaban J connectivity index is 1.79. The van der Waals surface area contributed by atoms with Gasteiger partial charge in [-0.3, -0.25) is 4.79 Å². The topological polar surface area (TPSA) is 47.6 Å². The van der Waals surface area contributed by atoms with Gasteiger partial charge in [-0.05, 0) is 50.4 Å². The van der Waals surface area contributed by atoms with E-state index in [4.69, 9.17) is 21.1 Å². The Morgan fingerprint density at radius 1 is 1.38 bits per heavy atom. The smallest absolute Gasteiger partial charge is 0.253 e. The van der Waals surface area contributed by atoms with Gasteiger partial charge in [-0.1, -0.05) is 11.6 Å². The van der Waals surface area contributed by atoms with Gasteiger partial charge in [-0.15, -0.1) is 11.8 Å². The summed E-state index contributed by atoms with van der Waals surface area (Å²) in [6.07, 6.45) is 3.00. The highest BCUT2D eigenvalue weighted by atomic mass is 35.5. The maximum atomic E-state index is 12.6. The molecule has 2 aromatic carbocycles. The molecule has 4 nitrogen and oxygen atoms in total. The van der Waals surface area contributed by atoms with Gasteiger partial charge in [0.15, 0.2) is 0 Å². The molecule has 0 aliphatic carbocycles. The van der Waals surface area contributed by atoms with Gasteiger partial charge < -0.3 is 14.8 Å². The van der Waals surface area contributed by atoms with E-state index in [2.05, 4.69) is 5.32 Å². The third-order valence-corrected chi connectivity index (χ3v) is 5.29. The molecule has 0 radical (unpaired) electrons. The highest BCUT2D eigenvalue weighted by Crippen LogP contribution is 2.35. The van der Waals surface area contributed by atoms with Crippen molar-refractivity contribution in [1.82, 2.24) is 5.32 Å². The Bertz CT molecular complexity index is 825. The monoisotopic (exact) mass is 391 g/mol. The summed E-state index contributed by atoms with van der Waals surface area (Å²) in [7, 11) is 0. The van der Waals surface area contributed by atoms with Gasteiger partial charge >= 0.3 is 0 Å². The SMILES string of the molecule is CCOc1cc2c(cc1CNC(=O)c1cc(SC)ccc1Cl)OC(C)C2. The summed E-state index contributed by atoms with van der Waals surface area (Å²) < 4.78 is 11.6. The minimum Gasteiger partial charge on any atom is -0.494 e. The van der Waals surface area contributed by atoms with Crippen molar-refractivity contribution in [3.05, 3.63) is 52.0 Å². The Morgan fingerprint density at radius 2 is 2.19 bits per heavy atom. The van der Waals surface area contributed by atoms with Crippen molar-refractivity contribution < 1.29 is 14.3 Å². The van der Waals surface area contributed by atoms with Crippen LogP contribution in [-0.2, 0) is 13.0 Å². The molecule has 0 aromatic heterocycles. The van der Waals surface area contributed by atoms with E-state index < -0.39 is 0 Å². The van der Waals surface area contributed by atoms with Gasteiger partial charge in [0.25, 0.3) is 5.91 Å². The first-order valence-corrected chi connectivity index (χ1v) is 10.2. The minimum atomic E-state index is -0.205. The van der Waals surface area contributed by atoms with Crippen molar-refractivity contribution in [2.75, 3.05) is 12.9 Å². The van der Waals surface area contributed by atoms with Crippen LogP contribution < -0.4 is 14.8 Å². The van der Waals surface area contributed by atoms with Crippen LogP contribution in [0.1, 0.15) is 35.3 Å². The molecule has 0 saturated carbocycles. The summed E-state index contributed by atoms with van der Waals surface area (Å²) in [5.41, 5.74) is 2.51. The number of benzene rings is 2. The van der Waals surface area contributed by atoms with E-state index in [9.17, 15) is 4.79 Å². The summed E-state index contributed by atoms with van der Waals surface area (Å²) in [5.74, 6) is 1.45. The predicted molar refractivity (Wildman–Crippen MR) is 106 cm³/mol. The summed E-state index contributed by atoms with van der Waals surface area (Å²) >= 11 is 7.76. The molecule has 1 N–H and O–H groups in total. The molecular weight excluding hydrogens is 370 g/mol. The number of hydrogen-bond acceptors (Lipinski definition) is 4. The van der Waals surface area contributed by atoms with Crippen LogP contribution in [-0.4, -0.2) is 24.9 Å². The second kappa shape index (κ2) is 8.23. The van der Waals surface area contributed by atoms with E-state index in [-0.39, 0.29) is 12.0 Å². The summed E-state index contributed by atoms with van der Waals surface area (Å²) in [5, 5.41) is 3.38. The van der Waals surface area contributed by atoms with Crippen LogP contribution in [0.15, 0.2) is 35.2 Å². The molecule has 0 saturated heterocycles. The number of carbonyl (C=O) groups is 1. The summed E-state index contributed by atoms with van der Waals surface area (Å²) in [4.78, 5) is 13.6. The molecule has 3 rings (SSSR count). The van der Waals surface area contributed by atoms with Gasteiger partial charge in [-0.2, -0.15) is 0 Å². The van der Waals surface area contributed by atoms with Crippen LogP contribution in [0.2, 0.25) is 5.02 Å². The average Bonchev–Trinajstić information content (AvgIpc) is 2.99. The number of nitrogens with one attached hydrogen (secondary N) is 1. The van der Waals surface area contributed by atoms with E-state index in [0.29, 0.717) is 23.7 Å². The lowest BCUT2D eigenvalue weighted by atomic mass is 10.1. The largest absolute Gasteiger partial charge is 0.494 e. The standard InChI is InChI=1S/C20H22ClNO3S/c1-4-24-18-8-13-7-12(2)25-19(13)9-14(18)11-22-20(23)16-10-15(26-3)5-6-17(16)21/h5-6,8-10,12H,4,7,11H2,1-3H3,(H,22,23). The zero-order chi connectivity index (χ0) is 18.7. The van der Waals surface area contributed by atoms with Crippen molar-refractivity contribution in [2.45, 2.75) is 37.8 Å². The first-order valence-electron chi connectivity index (χ1n) is 8.58. The number of hydrogen-bond donors (Lipinski definition) is 1. The molecular formula is C20H22ClNO3S. The lowest BCUT2D eigenvalue weighted by Gasteiger charge is -2.14. The third kappa shape index (κ3) is 4.10. The van der Waals surface area contributed by atoms with Crippen LogP contribution in [0.4, 0.5) is 0 Å². The van der Waals surface area contributed by atoms with Crippen LogP contribution in [0.3, 0.4) is 0 Å². The molecule has 0 spiro atoms. The maximum absolute atomic E-state index is 12.6. The molecule has 1 amide bonds. The summed E-state index contributed by atoms with van der Waals surface area (Å²) in [6, 6.07) is 9.43. The number of ether oxygens (including phenoxy) is 2. The Kier molecular flexibility index (Phi) is 5.99. The van der Waals surface area contributed by atoms with E-state index in [1.54, 1.807) is 23.9 Å². The average molecular weight is 392 g/mol. The first kappa shape index (κ1) is 18.9. The van der Waals surface area contributed by atoms with Crippen molar-refractivity contribution >= 4 is 29.3 Å². The molecule has 1 aliphatic rings. The first-order chi connectivity index (χ1) is 12.5. The van der Waals surface area contributed by atoms with Crippen molar-refractivity contribution in [1.29, 1.82) is 0 Å². The third-order valence-electron chi connectivity index (χ3n) is 4.24. The van der Waals surface area contributed by atoms with Gasteiger partial charge in [0.05, 0.1) is 17.2 Å². The Labute approximate surface area is 163 Å². The van der Waals surface area contributed by atoms with Crippen LogP contribution >= 0.6 is 23.4 Å². The predicted octanol–water partition coefficient (Wildman–Crippen LogP) is 4.71. The van der Waals surface area contributed by atoms with E-state index in [1.807, 2.05) is 38.3 Å². The zero-order valence-corrected chi connectivity index (χ0v) is 16.7. The second-order valence-corrected chi connectivity index (χ2v) is 7.45. The maximum Gasteiger partial charge on any atom is 0.253 e. The number of carbonyl (C=O) groups excluding carboxylic acids is 1. The summed E-state index contributed by atoms with van der Waals surface area (Å²) in [6.45, 7) is 4.90. The van der Waals surface area contributed by atoms with Gasteiger partial charge in [0, 0.05) is 29.0 Å². The van der Waals surface area contributed by atoms with E-state index in [1.165, 1.54) is 0 Å². The van der Waals surface area contributed by atoms with Crippen LogP contribution in [0.5, 0.6) is 11.5 Å². The number of thioether (sulfide) groups is 1. The lowest BCUT2D eigenvalue weighted by molar-refractivity contribution is 0.0950. The van der Waals surface area contributed by atoms with Crippen molar-refractivity contribution in [3.8, 4) is 11.5 Å². The Hall–Kier alpha value is -1.85. The number of halogens is 1.